The smallest absolute Gasteiger partial charge is 0.295 e. The van der Waals surface area contributed by atoms with Crippen LogP contribution in [0.5, 0.6) is 0 Å². The van der Waals surface area contributed by atoms with Gasteiger partial charge in [0.25, 0.3) is 5.91 Å². The fourth-order valence-corrected chi connectivity index (χ4v) is 1.38. The molecule has 2 aromatic heterocycles. The lowest BCUT2D eigenvalue weighted by Gasteiger charge is -2.01. The number of nitrogens with one attached hydrogen (secondary N) is 1. The number of carbonyl (C=O) groups excluding carboxylic acids is 1. The standard InChI is InChI=1S/C10H12N4O2/c1-6-5-9(14(3)12-6)11-10(15)8-4-7(2)13-16-8/h4-5H,1-3H3,(H,11,15). The molecule has 2 heterocycles. The molecule has 0 saturated carbocycles. The predicted octanol–water partition coefficient (Wildman–Crippen LogP) is 1.28. The van der Waals surface area contributed by atoms with Crippen molar-refractivity contribution in [1.82, 2.24) is 14.9 Å². The highest BCUT2D eigenvalue weighted by atomic mass is 16.5. The van der Waals surface area contributed by atoms with E-state index in [-0.39, 0.29) is 11.7 Å². The molecule has 0 aliphatic heterocycles. The van der Waals surface area contributed by atoms with Crippen LogP contribution in [0.4, 0.5) is 5.82 Å². The molecule has 0 aliphatic carbocycles. The number of hydrogen-bond acceptors (Lipinski definition) is 4. The second kappa shape index (κ2) is 3.80. The number of anilines is 1. The van der Waals surface area contributed by atoms with Crippen molar-refractivity contribution < 1.29 is 9.32 Å². The van der Waals surface area contributed by atoms with E-state index in [0.717, 1.165) is 5.69 Å². The lowest BCUT2D eigenvalue weighted by Crippen LogP contribution is -2.13. The molecule has 6 heteroatoms. The Hall–Kier alpha value is -2.11. The van der Waals surface area contributed by atoms with Crippen molar-refractivity contribution in [2.75, 3.05) is 5.32 Å². The van der Waals surface area contributed by atoms with Crippen molar-refractivity contribution in [2.24, 2.45) is 7.05 Å². The number of hydrogen-bond donors (Lipinski definition) is 1. The van der Waals surface area contributed by atoms with Crippen LogP contribution in [0.3, 0.4) is 0 Å². The van der Waals surface area contributed by atoms with Gasteiger partial charge in [0.15, 0.2) is 0 Å². The topological polar surface area (TPSA) is 73.0 Å². The highest BCUT2D eigenvalue weighted by molar-refractivity contribution is 6.01. The quantitative estimate of drug-likeness (QED) is 0.827. The maximum atomic E-state index is 11.7. The maximum Gasteiger partial charge on any atom is 0.295 e. The summed E-state index contributed by atoms with van der Waals surface area (Å²) in [5.41, 5.74) is 1.51. The van der Waals surface area contributed by atoms with Crippen LogP contribution < -0.4 is 5.32 Å². The zero-order valence-electron chi connectivity index (χ0n) is 9.31. The first-order valence-corrected chi connectivity index (χ1v) is 4.81. The average molecular weight is 220 g/mol. The van der Waals surface area contributed by atoms with E-state index in [9.17, 15) is 4.79 Å². The van der Waals surface area contributed by atoms with E-state index in [1.165, 1.54) is 0 Å². The fourth-order valence-electron chi connectivity index (χ4n) is 1.38. The molecule has 2 rings (SSSR count). The Balaban J connectivity index is 2.16. The number of rotatable bonds is 2. The minimum absolute atomic E-state index is 0.191. The molecule has 1 amide bonds. The number of amides is 1. The lowest BCUT2D eigenvalue weighted by atomic mass is 10.3. The van der Waals surface area contributed by atoms with Crippen LogP contribution in [0.2, 0.25) is 0 Å². The summed E-state index contributed by atoms with van der Waals surface area (Å²) in [6.45, 7) is 3.61. The molecule has 0 aromatic carbocycles. The molecule has 16 heavy (non-hydrogen) atoms. The van der Waals surface area contributed by atoms with Gasteiger partial charge in [0, 0.05) is 19.2 Å². The minimum atomic E-state index is -0.330. The summed E-state index contributed by atoms with van der Waals surface area (Å²) in [5, 5.41) is 10.5. The SMILES string of the molecule is Cc1cc(C(=O)Nc2cc(C)nn2C)on1. The van der Waals surface area contributed by atoms with Crippen LogP contribution in [0.1, 0.15) is 21.9 Å². The van der Waals surface area contributed by atoms with E-state index in [2.05, 4.69) is 15.6 Å². The average Bonchev–Trinajstić information content (AvgIpc) is 2.74. The minimum Gasteiger partial charge on any atom is -0.351 e. The summed E-state index contributed by atoms with van der Waals surface area (Å²) in [5.74, 6) is 0.483. The van der Waals surface area contributed by atoms with Crippen LogP contribution in [0.15, 0.2) is 16.7 Å². The van der Waals surface area contributed by atoms with E-state index < -0.39 is 0 Å². The summed E-state index contributed by atoms with van der Waals surface area (Å²) in [7, 11) is 1.76. The molecule has 0 bridgehead atoms. The van der Waals surface area contributed by atoms with Gasteiger partial charge < -0.3 is 9.84 Å². The molecular weight excluding hydrogens is 208 g/mol. The molecule has 84 valence electrons. The monoisotopic (exact) mass is 220 g/mol. The molecule has 2 aromatic rings. The van der Waals surface area contributed by atoms with Crippen molar-refractivity contribution in [3.63, 3.8) is 0 Å². The zero-order chi connectivity index (χ0) is 11.7. The Morgan fingerprint density at radius 1 is 1.38 bits per heavy atom. The molecule has 0 saturated heterocycles. The third-order valence-corrected chi connectivity index (χ3v) is 2.10. The molecule has 0 atom stereocenters. The van der Waals surface area contributed by atoms with Gasteiger partial charge in [-0.15, -0.1) is 0 Å². The summed E-state index contributed by atoms with van der Waals surface area (Å²) < 4.78 is 6.45. The first kappa shape index (κ1) is 10.4. The van der Waals surface area contributed by atoms with Crippen LogP contribution in [0.25, 0.3) is 0 Å². The number of aryl methyl sites for hydroxylation is 3. The summed E-state index contributed by atoms with van der Waals surface area (Å²) in [6.07, 6.45) is 0. The third-order valence-electron chi connectivity index (χ3n) is 2.10. The molecule has 0 fully saturated rings. The molecule has 0 unspecified atom stereocenters. The van der Waals surface area contributed by atoms with Crippen molar-refractivity contribution in [2.45, 2.75) is 13.8 Å². The lowest BCUT2D eigenvalue weighted by molar-refractivity contribution is 0.0987. The molecular formula is C10H12N4O2. The number of carbonyl (C=O) groups is 1. The van der Waals surface area contributed by atoms with Gasteiger partial charge in [-0.3, -0.25) is 9.48 Å². The van der Waals surface area contributed by atoms with Gasteiger partial charge in [0.2, 0.25) is 5.76 Å². The van der Waals surface area contributed by atoms with Crippen LogP contribution in [-0.4, -0.2) is 20.8 Å². The van der Waals surface area contributed by atoms with E-state index in [0.29, 0.717) is 11.5 Å². The number of aromatic nitrogens is 3. The highest BCUT2D eigenvalue weighted by Crippen LogP contribution is 2.10. The fraction of sp³-hybridized carbons (Fsp3) is 0.300. The number of nitrogens with zero attached hydrogens (tertiary/aromatic N) is 3. The maximum absolute atomic E-state index is 11.7. The highest BCUT2D eigenvalue weighted by Gasteiger charge is 2.13. The van der Waals surface area contributed by atoms with E-state index in [1.807, 2.05) is 6.92 Å². The van der Waals surface area contributed by atoms with Crippen LogP contribution in [0, 0.1) is 13.8 Å². The Labute approximate surface area is 92.2 Å². The zero-order valence-corrected chi connectivity index (χ0v) is 9.31. The van der Waals surface area contributed by atoms with E-state index in [1.54, 1.807) is 30.8 Å². The molecule has 1 N–H and O–H groups in total. The molecule has 0 radical (unpaired) electrons. The van der Waals surface area contributed by atoms with Gasteiger partial charge in [0.1, 0.15) is 5.82 Å². The van der Waals surface area contributed by atoms with E-state index in [4.69, 9.17) is 4.52 Å². The molecule has 6 nitrogen and oxygen atoms in total. The van der Waals surface area contributed by atoms with Crippen molar-refractivity contribution in [1.29, 1.82) is 0 Å². The summed E-state index contributed by atoms with van der Waals surface area (Å²) in [6, 6.07) is 3.36. The second-order valence-corrected chi connectivity index (χ2v) is 3.58. The first-order valence-electron chi connectivity index (χ1n) is 4.81. The van der Waals surface area contributed by atoms with Crippen molar-refractivity contribution in [3.8, 4) is 0 Å². The van der Waals surface area contributed by atoms with Gasteiger partial charge in [-0.25, -0.2) is 0 Å². The van der Waals surface area contributed by atoms with Gasteiger partial charge in [-0.05, 0) is 13.8 Å². The Bertz CT molecular complexity index is 527. The van der Waals surface area contributed by atoms with Gasteiger partial charge in [0.05, 0.1) is 11.4 Å². The van der Waals surface area contributed by atoms with Crippen LogP contribution >= 0.6 is 0 Å². The Morgan fingerprint density at radius 3 is 2.62 bits per heavy atom. The molecule has 0 aliphatic rings. The van der Waals surface area contributed by atoms with Gasteiger partial charge in [-0.1, -0.05) is 5.16 Å². The first-order chi connectivity index (χ1) is 7.56. The van der Waals surface area contributed by atoms with Crippen LogP contribution in [-0.2, 0) is 7.05 Å². The van der Waals surface area contributed by atoms with Crippen molar-refractivity contribution in [3.05, 3.63) is 29.3 Å². The second-order valence-electron chi connectivity index (χ2n) is 3.58. The third kappa shape index (κ3) is 1.95. The Kier molecular flexibility index (Phi) is 2.47. The molecule has 0 spiro atoms. The Morgan fingerprint density at radius 2 is 2.12 bits per heavy atom. The largest absolute Gasteiger partial charge is 0.351 e. The predicted molar refractivity (Wildman–Crippen MR) is 57.1 cm³/mol. The van der Waals surface area contributed by atoms with E-state index >= 15 is 0 Å². The summed E-state index contributed by atoms with van der Waals surface area (Å²) in [4.78, 5) is 11.7. The van der Waals surface area contributed by atoms with Gasteiger partial charge >= 0.3 is 0 Å². The van der Waals surface area contributed by atoms with Gasteiger partial charge in [-0.2, -0.15) is 5.10 Å². The summed E-state index contributed by atoms with van der Waals surface area (Å²) >= 11 is 0. The van der Waals surface area contributed by atoms with Crippen molar-refractivity contribution >= 4 is 11.7 Å². The normalized spacial score (nSPS) is 10.4.